The van der Waals surface area contributed by atoms with Crippen LogP contribution in [0.5, 0.6) is 0 Å². The molecule has 1 saturated carbocycles. The summed E-state index contributed by atoms with van der Waals surface area (Å²) in [6, 6.07) is 8.67. The summed E-state index contributed by atoms with van der Waals surface area (Å²) in [5.41, 5.74) is 5.41. The van der Waals surface area contributed by atoms with Gasteiger partial charge in [0.25, 0.3) is 0 Å². The number of pyridine rings is 1. The zero-order valence-corrected chi connectivity index (χ0v) is 12.6. The summed E-state index contributed by atoms with van der Waals surface area (Å²) in [5, 5.41) is 10.4. The average molecular weight is 264 g/mol. The first kappa shape index (κ1) is 13.1. The Morgan fingerprint density at radius 2 is 1.90 bits per heavy atom. The maximum Gasteiger partial charge on any atom is 0.141 e. The molecule has 0 spiro atoms. The van der Waals surface area contributed by atoms with Crippen molar-refractivity contribution in [3.8, 4) is 6.07 Å². The Morgan fingerprint density at radius 3 is 2.45 bits per heavy atom. The van der Waals surface area contributed by atoms with Crippen molar-refractivity contribution in [1.29, 1.82) is 5.26 Å². The number of aryl methyl sites for hydroxylation is 1. The Balaban J connectivity index is 2.37. The van der Waals surface area contributed by atoms with Gasteiger partial charge in [-0.3, -0.25) is 0 Å². The van der Waals surface area contributed by atoms with Crippen LogP contribution in [0.25, 0.3) is 10.9 Å². The summed E-state index contributed by atoms with van der Waals surface area (Å²) >= 11 is 0. The van der Waals surface area contributed by atoms with Crippen molar-refractivity contribution in [3.05, 3.63) is 40.6 Å². The van der Waals surface area contributed by atoms with Crippen molar-refractivity contribution in [2.45, 2.75) is 51.9 Å². The van der Waals surface area contributed by atoms with Gasteiger partial charge in [-0.2, -0.15) is 5.26 Å². The van der Waals surface area contributed by atoms with Crippen LogP contribution in [0.4, 0.5) is 0 Å². The van der Waals surface area contributed by atoms with Crippen LogP contribution in [0.3, 0.4) is 0 Å². The molecule has 0 atom stereocenters. The fourth-order valence-electron chi connectivity index (χ4n) is 2.79. The number of nitriles is 1. The van der Waals surface area contributed by atoms with Crippen LogP contribution in [-0.4, -0.2) is 4.98 Å². The maximum absolute atomic E-state index is 9.16. The van der Waals surface area contributed by atoms with E-state index in [0.717, 1.165) is 17.0 Å². The second-order valence-electron chi connectivity index (χ2n) is 6.93. The molecule has 1 heterocycles. The van der Waals surface area contributed by atoms with E-state index in [4.69, 9.17) is 5.26 Å². The molecule has 0 saturated heterocycles. The number of hydrogen-bond acceptors (Lipinski definition) is 2. The van der Waals surface area contributed by atoms with Crippen LogP contribution >= 0.6 is 0 Å². The minimum absolute atomic E-state index is 0.0384. The fraction of sp³-hybridized carbons (Fsp3) is 0.444. The van der Waals surface area contributed by atoms with Crippen LogP contribution in [0.1, 0.15) is 61.9 Å². The molecular formula is C18H20N2. The Labute approximate surface area is 120 Å². The Hall–Kier alpha value is -1.88. The van der Waals surface area contributed by atoms with Gasteiger partial charge in [0.1, 0.15) is 11.8 Å². The molecule has 1 aromatic heterocycles. The summed E-state index contributed by atoms with van der Waals surface area (Å²) in [4.78, 5) is 4.58. The maximum atomic E-state index is 9.16. The van der Waals surface area contributed by atoms with Crippen LogP contribution in [-0.2, 0) is 5.41 Å². The molecule has 0 N–H and O–H groups in total. The molecule has 0 radical (unpaired) electrons. The van der Waals surface area contributed by atoms with Gasteiger partial charge in [0.2, 0.25) is 0 Å². The smallest absolute Gasteiger partial charge is 0.141 e. The minimum atomic E-state index is 0.0384. The second kappa shape index (κ2) is 4.31. The summed E-state index contributed by atoms with van der Waals surface area (Å²) < 4.78 is 0. The lowest BCUT2D eigenvalue weighted by Gasteiger charge is -2.22. The number of fused-ring (bicyclic) bond motifs is 1. The molecule has 2 aromatic rings. The summed E-state index contributed by atoms with van der Waals surface area (Å²) in [5.74, 6) is 0.732. The van der Waals surface area contributed by atoms with Crippen molar-refractivity contribution < 1.29 is 0 Å². The number of aromatic nitrogens is 1. The molecule has 0 unspecified atom stereocenters. The van der Waals surface area contributed by atoms with Crippen molar-refractivity contribution in [3.63, 3.8) is 0 Å². The lowest BCUT2D eigenvalue weighted by Crippen LogP contribution is -2.13. The SMILES string of the molecule is Cc1cc(C#N)nc2c(C(C)(C)C)cc(C3CC3)cc12. The monoisotopic (exact) mass is 264 g/mol. The van der Waals surface area contributed by atoms with Crippen LogP contribution in [0.15, 0.2) is 18.2 Å². The number of rotatable bonds is 1. The molecule has 1 fully saturated rings. The highest BCUT2D eigenvalue weighted by Crippen LogP contribution is 2.43. The third-order valence-electron chi connectivity index (χ3n) is 4.11. The third-order valence-corrected chi connectivity index (χ3v) is 4.11. The molecule has 102 valence electrons. The van der Waals surface area contributed by atoms with Crippen LogP contribution < -0.4 is 0 Å². The molecule has 2 nitrogen and oxygen atoms in total. The van der Waals surface area contributed by atoms with Gasteiger partial charge in [-0.05, 0) is 59.9 Å². The third kappa shape index (κ3) is 2.18. The largest absolute Gasteiger partial charge is 0.237 e. The summed E-state index contributed by atoms with van der Waals surface area (Å²) in [7, 11) is 0. The van der Waals surface area contributed by atoms with E-state index in [1.807, 2.05) is 6.07 Å². The van der Waals surface area contributed by atoms with Crippen molar-refractivity contribution >= 4 is 10.9 Å². The molecule has 3 rings (SSSR count). The Morgan fingerprint density at radius 1 is 1.20 bits per heavy atom. The van der Waals surface area contributed by atoms with E-state index in [0.29, 0.717) is 5.69 Å². The van der Waals surface area contributed by atoms with Crippen LogP contribution in [0.2, 0.25) is 0 Å². The van der Waals surface area contributed by atoms with Crippen molar-refractivity contribution in [2.24, 2.45) is 0 Å². The van der Waals surface area contributed by atoms with Gasteiger partial charge in [-0.1, -0.05) is 26.8 Å². The van der Waals surface area contributed by atoms with Gasteiger partial charge in [-0.25, -0.2) is 4.98 Å². The highest BCUT2D eigenvalue weighted by molar-refractivity contribution is 5.87. The second-order valence-corrected chi connectivity index (χ2v) is 6.93. The number of hydrogen-bond donors (Lipinski definition) is 0. The van der Waals surface area contributed by atoms with E-state index in [9.17, 15) is 0 Å². The normalized spacial score (nSPS) is 15.3. The van der Waals surface area contributed by atoms with E-state index in [1.165, 1.54) is 29.4 Å². The molecule has 0 amide bonds. The first-order valence-electron chi connectivity index (χ1n) is 7.26. The van der Waals surface area contributed by atoms with Gasteiger partial charge < -0.3 is 0 Å². The van der Waals surface area contributed by atoms with Gasteiger partial charge in [-0.15, -0.1) is 0 Å². The highest BCUT2D eigenvalue weighted by atomic mass is 14.7. The molecule has 1 aromatic carbocycles. The topological polar surface area (TPSA) is 36.7 Å². The first-order valence-corrected chi connectivity index (χ1v) is 7.26. The Kier molecular flexibility index (Phi) is 2.83. The molecule has 1 aliphatic rings. The molecule has 1 aliphatic carbocycles. The van der Waals surface area contributed by atoms with Crippen molar-refractivity contribution in [2.75, 3.05) is 0 Å². The number of nitrogens with zero attached hydrogens (tertiary/aromatic N) is 2. The number of benzene rings is 1. The van der Waals surface area contributed by atoms with Crippen LogP contribution in [0, 0.1) is 18.3 Å². The Bertz CT molecular complexity index is 726. The molecule has 2 heteroatoms. The predicted molar refractivity (Wildman–Crippen MR) is 81.9 cm³/mol. The quantitative estimate of drug-likeness (QED) is 0.755. The molecular weight excluding hydrogens is 244 g/mol. The fourth-order valence-corrected chi connectivity index (χ4v) is 2.79. The van der Waals surface area contributed by atoms with E-state index >= 15 is 0 Å². The first-order chi connectivity index (χ1) is 9.40. The predicted octanol–water partition coefficient (Wildman–Crippen LogP) is 4.59. The van der Waals surface area contributed by atoms with Gasteiger partial charge >= 0.3 is 0 Å². The highest BCUT2D eigenvalue weighted by Gasteiger charge is 2.27. The van der Waals surface area contributed by atoms with Gasteiger partial charge in [0, 0.05) is 5.39 Å². The van der Waals surface area contributed by atoms with Crippen molar-refractivity contribution in [1.82, 2.24) is 4.98 Å². The standard InChI is InChI=1S/C18H20N2/c1-11-7-14(10-19)20-17-15(11)8-13(12-5-6-12)9-16(17)18(2,3)4/h7-9,12H,5-6H2,1-4H3. The lowest BCUT2D eigenvalue weighted by atomic mass is 9.83. The zero-order chi connectivity index (χ0) is 14.5. The zero-order valence-electron chi connectivity index (χ0n) is 12.6. The summed E-state index contributed by atoms with van der Waals surface area (Å²) in [6.07, 6.45) is 2.61. The summed E-state index contributed by atoms with van der Waals surface area (Å²) in [6.45, 7) is 8.73. The van der Waals surface area contributed by atoms with E-state index in [1.54, 1.807) is 0 Å². The van der Waals surface area contributed by atoms with Gasteiger partial charge in [0.15, 0.2) is 0 Å². The molecule has 0 bridgehead atoms. The van der Waals surface area contributed by atoms with E-state index in [2.05, 4.69) is 50.9 Å². The molecule has 0 aliphatic heterocycles. The molecule has 20 heavy (non-hydrogen) atoms. The van der Waals surface area contributed by atoms with E-state index in [-0.39, 0.29) is 5.41 Å². The van der Waals surface area contributed by atoms with Gasteiger partial charge in [0.05, 0.1) is 5.52 Å². The lowest BCUT2D eigenvalue weighted by molar-refractivity contribution is 0.593. The minimum Gasteiger partial charge on any atom is -0.237 e. The average Bonchev–Trinajstić information content (AvgIpc) is 3.20. The van der Waals surface area contributed by atoms with E-state index < -0.39 is 0 Å².